The summed E-state index contributed by atoms with van der Waals surface area (Å²) in [4.78, 5) is 28.6. The molecule has 7 nitrogen and oxygen atoms in total. The molecule has 1 saturated heterocycles. The number of anilines is 1. The zero-order valence-electron chi connectivity index (χ0n) is 17.6. The van der Waals surface area contributed by atoms with Crippen molar-refractivity contribution >= 4 is 17.6 Å². The number of piperazine rings is 1. The number of nitrogens with one attached hydrogen (secondary N) is 1. The maximum atomic E-state index is 12.4. The lowest BCUT2D eigenvalue weighted by atomic mass is 10.2. The Kier molecular flexibility index (Phi) is 7.82. The summed E-state index contributed by atoms with van der Waals surface area (Å²) < 4.78 is 10.3. The number of methoxy groups -OCH3 is 1. The number of benzene rings is 2. The molecule has 1 aliphatic rings. The van der Waals surface area contributed by atoms with E-state index < -0.39 is 0 Å². The van der Waals surface area contributed by atoms with Gasteiger partial charge in [0.2, 0.25) is 5.91 Å². The van der Waals surface area contributed by atoms with Crippen molar-refractivity contribution in [3.63, 3.8) is 0 Å². The van der Waals surface area contributed by atoms with Crippen molar-refractivity contribution in [3.05, 3.63) is 59.7 Å². The molecule has 160 valence electrons. The van der Waals surface area contributed by atoms with Gasteiger partial charge in [-0.05, 0) is 48.9 Å². The van der Waals surface area contributed by atoms with Crippen molar-refractivity contribution in [2.24, 2.45) is 0 Å². The summed E-state index contributed by atoms with van der Waals surface area (Å²) in [6.45, 7) is 6.86. The van der Waals surface area contributed by atoms with E-state index in [1.165, 1.54) is 5.56 Å². The largest absolute Gasteiger partial charge is 0.497 e. The van der Waals surface area contributed by atoms with Gasteiger partial charge in [-0.25, -0.2) is 4.79 Å². The average Bonchev–Trinajstić information content (AvgIpc) is 2.76. The summed E-state index contributed by atoms with van der Waals surface area (Å²) in [5.74, 6) is 0.459. The first-order valence-electron chi connectivity index (χ1n) is 10.2. The quantitative estimate of drug-likeness (QED) is 0.674. The molecule has 3 rings (SSSR count). The summed E-state index contributed by atoms with van der Waals surface area (Å²) in [7, 11) is 1.68. The van der Waals surface area contributed by atoms with Crippen LogP contribution in [0, 0.1) is 0 Å². The molecule has 7 heteroatoms. The van der Waals surface area contributed by atoms with Crippen LogP contribution in [-0.2, 0) is 16.1 Å². The first-order chi connectivity index (χ1) is 14.6. The van der Waals surface area contributed by atoms with Crippen molar-refractivity contribution in [1.29, 1.82) is 0 Å². The smallest absolute Gasteiger partial charge is 0.338 e. The van der Waals surface area contributed by atoms with Crippen molar-refractivity contribution in [2.75, 3.05) is 51.8 Å². The van der Waals surface area contributed by atoms with Crippen LogP contribution in [0.25, 0.3) is 0 Å². The van der Waals surface area contributed by atoms with Crippen molar-refractivity contribution < 1.29 is 19.1 Å². The Morgan fingerprint density at radius 2 is 1.70 bits per heavy atom. The lowest BCUT2D eigenvalue weighted by Gasteiger charge is -2.34. The third-order valence-corrected chi connectivity index (χ3v) is 5.05. The van der Waals surface area contributed by atoms with Gasteiger partial charge >= 0.3 is 5.97 Å². The van der Waals surface area contributed by atoms with Gasteiger partial charge in [0.05, 0.1) is 25.8 Å². The lowest BCUT2D eigenvalue weighted by Crippen LogP contribution is -2.48. The Morgan fingerprint density at radius 1 is 1.00 bits per heavy atom. The van der Waals surface area contributed by atoms with Crippen LogP contribution in [0.5, 0.6) is 5.75 Å². The van der Waals surface area contributed by atoms with E-state index in [1.807, 2.05) is 12.1 Å². The van der Waals surface area contributed by atoms with E-state index in [-0.39, 0.29) is 11.9 Å². The highest BCUT2D eigenvalue weighted by molar-refractivity contribution is 5.94. The third-order valence-electron chi connectivity index (χ3n) is 5.05. The predicted molar refractivity (Wildman–Crippen MR) is 116 cm³/mol. The molecule has 1 heterocycles. The fraction of sp³-hybridized carbons (Fsp3) is 0.391. The topological polar surface area (TPSA) is 71.1 Å². The Labute approximate surface area is 177 Å². The lowest BCUT2D eigenvalue weighted by molar-refractivity contribution is -0.117. The van der Waals surface area contributed by atoms with Gasteiger partial charge in [-0.3, -0.25) is 14.6 Å². The van der Waals surface area contributed by atoms with E-state index in [4.69, 9.17) is 9.47 Å². The van der Waals surface area contributed by atoms with E-state index in [2.05, 4.69) is 27.2 Å². The van der Waals surface area contributed by atoms with Gasteiger partial charge in [-0.2, -0.15) is 0 Å². The summed E-state index contributed by atoms with van der Waals surface area (Å²) in [6, 6.07) is 14.9. The SMILES string of the molecule is CCOC(=O)c1ccc(NC(=O)CN2CCN(Cc3cccc(OC)c3)CC2)cc1. The number of carbonyl (C=O) groups excluding carboxylic acids is 2. The van der Waals surface area contributed by atoms with E-state index in [1.54, 1.807) is 38.3 Å². The van der Waals surface area contributed by atoms with Gasteiger partial charge < -0.3 is 14.8 Å². The van der Waals surface area contributed by atoms with Crippen LogP contribution in [0.3, 0.4) is 0 Å². The number of amides is 1. The Morgan fingerprint density at radius 3 is 2.37 bits per heavy atom. The predicted octanol–water partition coefficient (Wildman–Crippen LogP) is 2.63. The molecule has 1 amide bonds. The fourth-order valence-corrected chi connectivity index (χ4v) is 3.44. The second-order valence-electron chi connectivity index (χ2n) is 7.25. The van der Waals surface area contributed by atoms with Gasteiger partial charge in [0.1, 0.15) is 5.75 Å². The molecule has 0 saturated carbocycles. The summed E-state index contributed by atoms with van der Waals surface area (Å²) >= 11 is 0. The second-order valence-corrected chi connectivity index (χ2v) is 7.25. The highest BCUT2D eigenvalue weighted by atomic mass is 16.5. The molecular formula is C23H29N3O4. The molecule has 2 aromatic rings. The zero-order chi connectivity index (χ0) is 21.3. The molecule has 1 N–H and O–H groups in total. The van der Waals surface area contributed by atoms with Crippen LogP contribution in [0.1, 0.15) is 22.8 Å². The molecule has 30 heavy (non-hydrogen) atoms. The highest BCUT2D eigenvalue weighted by Gasteiger charge is 2.19. The fourth-order valence-electron chi connectivity index (χ4n) is 3.44. The minimum absolute atomic E-state index is 0.0554. The molecule has 0 spiro atoms. The van der Waals surface area contributed by atoms with Crippen molar-refractivity contribution in [2.45, 2.75) is 13.5 Å². The van der Waals surface area contributed by atoms with Gasteiger partial charge in [0.25, 0.3) is 0 Å². The molecule has 1 aliphatic heterocycles. The van der Waals surface area contributed by atoms with Crippen molar-refractivity contribution in [1.82, 2.24) is 9.80 Å². The molecule has 2 aromatic carbocycles. The third kappa shape index (κ3) is 6.30. The number of esters is 1. The van der Waals surface area contributed by atoms with E-state index in [0.717, 1.165) is 38.5 Å². The Bertz CT molecular complexity index is 846. The van der Waals surface area contributed by atoms with Crippen molar-refractivity contribution in [3.8, 4) is 5.75 Å². The highest BCUT2D eigenvalue weighted by Crippen LogP contribution is 2.16. The van der Waals surface area contributed by atoms with Crippen LogP contribution in [-0.4, -0.2) is 68.1 Å². The van der Waals surface area contributed by atoms with Gasteiger partial charge in [-0.15, -0.1) is 0 Å². The molecule has 1 fully saturated rings. The van der Waals surface area contributed by atoms with Gasteiger partial charge in [-0.1, -0.05) is 12.1 Å². The van der Waals surface area contributed by atoms with E-state index >= 15 is 0 Å². The van der Waals surface area contributed by atoms with Crippen LogP contribution < -0.4 is 10.1 Å². The van der Waals surface area contributed by atoms with Crippen LogP contribution in [0.15, 0.2) is 48.5 Å². The summed E-state index contributed by atoms with van der Waals surface area (Å²) in [5, 5.41) is 2.89. The Balaban J connectivity index is 1.42. The van der Waals surface area contributed by atoms with E-state index in [9.17, 15) is 9.59 Å². The van der Waals surface area contributed by atoms with E-state index in [0.29, 0.717) is 24.4 Å². The molecule has 0 bridgehead atoms. The van der Waals surface area contributed by atoms with Gasteiger partial charge in [0.15, 0.2) is 0 Å². The molecule has 0 radical (unpaired) electrons. The summed E-state index contributed by atoms with van der Waals surface area (Å²) in [5.41, 5.74) is 2.37. The number of ether oxygens (including phenoxy) is 2. The minimum Gasteiger partial charge on any atom is -0.497 e. The first kappa shape index (κ1) is 21.8. The first-order valence-corrected chi connectivity index (χ1v) is 10.2. The molecule has 0 atom stereocenters. The molecular weight excluding hydrogens is 382 g/mol. The monoisotopic (exact) mass is 411 g/mol. The second kappa shape index (κ2) is 10.8. The molecule has 0 unspecified atom stereocenters. The average molecular weight is 412 g/mol. The zero-order valence-corrected chi connectivity index (χ0v) is 17.6. The number of nitrogens with zero attached hydrogens (tertiary/aromatic N) is 2. The number of rotatable bonds is 8. The molecule has 0 aromatic heterocycles. The molecule has 0 aliphatic carbocycles. The minimum atomic E-state index is -0.359. The Hall–Kier alpha value is -2.90. The maximum Gasteiger partial charge on any atom is 0.338 e. The number of carbonyl (C=O) groups is 2. The number of hydrogen-bond donors (Lipinski definition) is 1. The number of hydrogen-bond acceptors (Lipinski definition) is 6. The van der Waals surface area contributed by atoms with Gasteiger partial charge in [0, 0.05) is 38.4 Å². The normalized spacial score (nSPS) is 14.9. The van der Waals surface area contributed by atoms with Crippen LogP contribution in [0.4, 0.5) is 5.69 Å². The summed E-state index contributed by atoms with van der Waals surface area (Å²) in [6.07, 6.45) is 0. The standard InChI is InChI=1S/C23H29N3O4/c1-3-30-23(28)19-7-9-20(10-8-19)24-22(27)17-26-13-11-25(12-14-26)16-18-5-4-6-21(15-18)29-2/h4-10,15H,3,11-14,16-17H2,1-2H3,(H,24,27). The maximum absolute atomic E-state index is 12.4. The van der Waals surface area contributed by atoms with Crippen LogP contribution >= 0.6 is 0 Å². The van der Waals surface area contributed by atoms with Crippen LogP contribution in [0.2, 0.25) is 0 Å².